The molecule has 0 spiro atoms. The van der Waals surface area contributed by atoms with Crippen LogP contribution in [0.2, 0.25) is 0 Å². The highest BCUT2D eigenvalue weighted by Crippen LogP contribution is 2.26. The summed E-state index contributed by atoms with van der Waals surface area (Å²) in [6.45, 7) is 4.33. The third kappa shape index (κ3) is 4.84. The Morgan fingerprint density at radius 1 is 1.18 bits per heavy atom. The normalized spacial score (nSPS) is 17.7. The average Bonchev–Trinajstić information content (AvgIpc) is 3.16. The summed E-state index contributed by atoms with van der Waals surface area (Å²) >= 11 is 1.34. The second-order valence-corrected chi connectivity index (χ2v) is 11.4. The summed E-state index contributed by atoms with van der Waals surface area (Å²) in [5.41, 5.74) is 2.88. The first-order chi connectivity index (χ1) is 16.2. The van der Waals surface area contributed by atoms with Crippen molar-refractivity contribution in [2.24, 2.45) is 10.9 Å². The standard InChI is InChI=1S/C24H27N3O5S2/c1-16-12-17(2)22-20(13-16)27(15-21(28)32-3)24(33-22)25-23(29)18-8-7-11-26(14-18)34(30,31)19-9-5-4-6-10-19/h4-6,9-10,12-13,18H,7-8,11,14-15H2,1-3H3. The molecule has 8 nitrogen and oxygen atoms in total. The minimum atomic E-state index is -3.68. The zero-order valence-electron chi connectivity index (χ0n) is 19.4. The van der Waals surface area contributed by atoms with Gasteiger partial charge >= 0.3 is 5.97 Å². The van der Waals surface area contributed by atoms with Crippen molar-refractivity contribution in [1.82, 2.24) is 8.87 Å². The lowest BCUT2D eigenvalue weighted by molar-refractivity contribution is -0.141. The van der Waals surface area contributed by atoms with E-state index in [1.54, 1.807) is 34.9 Å². The Hall–Kier alpha value is -2.82. The van der Waals surface area contributed by atoms with E-state index in [1.807, 2.05) is 26.0 Å². The number of esters is 1. The monoisotopic (exact) mass is 501 g/mol. The SMILES string of the molecule is COC(=O)Cn1c(=NC(=O)C2CCCN(S(=O)(=O)c3ccccc3)C2)sc2c(C)cc(C)cc21. The molecule has 0 aliphatic carbocycles. The van der Waals surface area contributed by atoms with Gasteiger partial charge in [-0.3, -0.25) is 9.59 Å². The summed E-state index contributed by atoms with van der Waals surface area (Å²) in [5, 5.41) is 0. The highest BCUT2D eigenvalue weighted by atomic mass is 32.2. The molecule has 1 amide bonds. The number of fused-ring (bicyclic) bond motifs is 1. The lowest BCUT2D eigenvalue weighted by Gasteiger charge is -2.30. The van der Waals surface area contributed by atoms with E-state index >= 15 is 0 Å². The van der Waals surface area contributed by atoms with Gasteiger partial charge in [-0.15, -0.1) is 0 Å². The number of thiazole rings is 1. The van der Waals surface area contributed by atoms with E-state index in [-0.39, 0.29) is 23.9 Å². The Morgan fingerprint density at radius 3 is 2.62 bits per heavy atom. The van der Waals surface area contributed by atoms with Gasteiger partial charge in [0.15, 0.2) is 4.80 Å². The van der Waals surface area contributed by atoms with Crippen molar-refractivity contribution in [1.29, 1.82) is 0 Å². The van der Waals surface area contributed by atoms with Gasteiger partial charge in [-0.25, -0.2) is 8.42 Å². The van der Waals surface area contributed by atoms with Crippen molar-refractivity contribution < 1.29 is 22.7 Å². The molecule has 1 aliphatic heterocycles. The first kappa shape index (κ1) is 24.3. The zero-order chi connectivity index (χ0) is 24.5. The van der Waals surface area contributed by atoms with E-state index in [2.05, 4.69) is 4.99 Å². The molecule has 2 aromatic carbocycles. The predicted octanol–water partition coefficient (Wildman–Crippen LogP) is 3.02. The molecule has 1 atom stereocenters. The summed E-state index contributed by atoms with van der Waals surface area (Å²) in [6.07, 6.45) is 1.13. The molecular formula is C24H27N3O5S2. The summed E-state index contributed by atoms with van der Waals surface area (Å²) in [4.78, 5) is 30.3. The van der Waals surface area contributed by atoms with Crippen molar-refractivity contribution in [2.75, 3.05) is 20.2 Å². The topological polar surface area (TPSA) is 98.0 Å². The number of ether oxygens (including phenoxy) is 1. The summed E-state index contributed by atoms with van der Waals surface area (Å²) < 4.78 is 34.9. The van der Waals surface area contributed by atoms with Crippen LogP contribution >= 0.6 is 11.3 Å². The molecule has 1 fully saturated rings. The van der Waals surface area contributed by atoms with Gasteiger partial charge in [0, 0.05) is 13.1 Å². The fourth-order valence-electron chi connectivity index (χ4n) is 4.23. The van der Waals surface area contributed by atoms with Gasteiger partial charge in [-0.05, 0) is 56.0 Å². The molecule has 0 N–H and O–H groups in total. The van der Waals surface area contributed by atoms with Crippen molar-refractivity contribution in [3.8, 4) is 0 Å². The average molecular weight is 502 g/mol. The van der Waals surface area contributed by atoms with E-state index in [9.17, 15) is 18.0 Å². The van der Waals surface area contributed by atoms with Gasteiger partial charge in [0.2, 0.25) is 10.0 Å². The van der Waals surface area contributed by atoms with E-state index < -0.39 is 21.9 Å². The molecule has 3 aromatic rings. The first-order valence-electron chi connectivity index (χ1n) is 11.0. The number of hydrogen-bond acceptors (Lipinski definition) is 6. The molecule has 0 radical (unpaired) electrons. The highest BCUT2D eigenvalue weighted by molar-refractivity contribution is 7.89. The van der Waals surface area contributed by atoms with Crippen LogP contribution in [0, 0.1) is 19.8 Å². The molecule has 4 rings (SSSR count). The minimum absolute atomic E-state index is 0.0648. The van der Waals surface area contributed by atoms with E-state index in [0.717, 1.165) is 21.3 Å². The van der Waals surface area contributed by atoms with Crippen LogP contribution < -0.4 is 4.80 Å². The third-order valence-corrected chi connectivity index (χ3v) is 9.06. The van der Waals surface area contributed by atoms with Crippen LogP contribution in [0.3, 0.4) is 0 Å². The Balaban J connectivity index is 1.68. The number of benzene rings is 2. The highest BCUT2D eigenvalue weighted by Gasteiger charge is 2.33. The molecular weight excluding hydrogens is 474 g/mol. The molecule has 34 heavy (non-hydrogen) atoms. The van der Waals surface area contributed by atoms with Gasteiger partial charge in [0.05, 0.1) is 28.1 Å². The van der Waals surface area contributed by atoms with Crippen molar-refractivity contribution in [3.63, 3.8) is 0 Å². The van der Waals surface area contributed by atoms with E-state index in [4.69, 9.17) is 4.74 Å². The predicted molar refractivity (Wildman–Crippen MR) is 130 cm³/mol. The fourth-order valence-corrected chi connectivity index (χ4v) is 6.86. The number of hydrogen-bond donors (Lipinski definition) is 0. The summed E-state index contributed by atoms with van der Waals surface area (Å²) in [6, 6.07) is 12.2. The van der Waals surface area contributed by atoms with Crippen molar-refractivity contribution in [2.45, 2.75) is 38.1 Å². The van der Waals surface area contributed by atoms with Gasteiger partial charge in [0.25, 0.3) is 5.91 Å². The quantitative estimate of drug-likeness (QED) is 0.501. The number of aryl methyl sites for hydroxylation is 2. The molecule has 10 heteroatoms. The van der Waals surface area contributed by atoms with Crippen LogP contribution in [-0.4, -0.2) is 49.4 Å². The second-order valence-electron chi connectivity index (χ2n) is 8.44. The Labute approximate surface area is 202 Å². The van der Waals surface area contributed by atoms with Crippen LogP contribution in [-0.2, 0) is 30.9 Å². The van der Waals surface area contributed by atoms with Crippen molar-refractivity contribution >= 4 is 43.5 Å². The maximum absolute atomic E-state index is 13.2. The number of aromatic nitrogens is 1. The smallest absolute Gasteiger partial charge is 0.325 e. The molecule has 0 saturated carbocycles. The van der Waals surface area contributed by atoms with Crippen LogP contribution in [0.15, 0.2) is 52.4 Å². The largest absolute Gasteiger partial charge is 0.468 e. The third-order valence-electron chi connectivity index (χ3n) is 5.95. The maximum atomic E-state index is 13.2. The van der Waals surface area contributed by atoms with Gasteiger partial charge < -0.3 is 9.30 Å². The van der Waals surface area contributed by atoms with Crippen LogP contribution in [0.25, 0.3) is 10.2 Å². The van der Waals surface area contributed by atoms with Gasteiger partial charge in [-0.2, -0.15) is 9.30 Å². The Bertz CT molecular complexity index is 1410. The molecule has 1 saturated heterocycles. The summed E-state index contributed by atoms with van der Waals surface area (Å²) in [5.74, 6) is -1.37. The van der Waals surface area contributed by atoms with Gasteiger partial charge in [0.1, 0.15) is 6.54 Å². The van der Waals surface area contributed by atoms with Gasteiger partial charge in [-0.1, -0.05) is 35.6 Å². The zero-order valence-corrected chi connectivity index (χ0v) is 21.0. The second kappa shape index (κ2) is 9.81. The number of piperidine rings is 1. The number of carbonyl (C=O) groups is 2. The maximum Gasteiger partial charge on any atom is 0.325 e. The summed E-state index contributed by atoms with van der Waals surface area (Å²) in [7, 11) is -2.36. The number of rotatable bonds is 5. The molecule has 0 bridgehead atoms. The van der Waals surface area contributed by atoms with E-state index in [1.165, 1.54) is 22.8 Å². The Morgan fingerprint density at radius 2 is 1.91 bits per heavy atom. The van der Waals surface area contributed by atoms with Crippen LogP contribution in [0.1, 0.15) is 24.0 Å². The number of methoxy groups -OCH3 is 1. The number of nitrogens with zero attached hydrogens (tertiary/aromatic N) is 3. The van der Waals surface area contributed by atoms with Crippen molar-refractivity contribution in [3.05, 3.63) is 58.4 Å². The Kier molecular flexibility index (Phi) is 7.01. The molecule has 2 heterocycles. The van der Waals surface area contributed by atoms with Crippen LogP contribution in [0.4, 0.5) is 0 Å². The number of sulfonamides is 1. The fraction of sp³-hybridized carbons (Fsp3) is 0.375. The van der Waals surface area contributed by atoms with Crippen LogP contribution in [0.5, 0.6) is 0 Å². The molecule has 1 aromatic heterocycles. The molecule has 1 unspecified atom stereocenters. The number of amides is 1. The molecule has 180 valence electrons. The van der Waals surface area contributed by atoms with E-state index in [0.29, 0.717) is 24.2 Å². The minimum Gasteiger partial charge on any atom is -0.468 e. The number of carbonyl (C=O) groups excluding carboxylic acids is 2. The lowest BCUT2D eigenvalue weighted by Crippen LogP contribution is -2.42. The molecule has 1 aliphatic rings. The first-order valence-corrected chi connectivity index (χ1v) is 13.3. The lowest BCUT2D eigenvalue weighted by atomic mass is 9.99.